The fraction of sp³-hybridized carbons (Fsp3) is 0.857. The third-order valence-corrected chi connectivity index (χ3v) is 4.56. The second kappa shape index (κ2) is 5.69. The van der Waals surface area contributed by atoms with Gasteiger partial charge in [-0.1, -0.05) is 0 Å². The van der Waals surface area contributed by atoms with Gasteiger partial charge in [-0.3, -0.25) is 9.59 Å². The molecule has 3 fully saturated rings. The largest absolute Gasteiger partial charge is 0.378 e. The van der Waals surface area contributed by atoms with E-state index in [9.17, 15) is 9.59 Å². The Morgan fingerprint density at radius 2 is 1.35 bits per heavy atom. The molecule has 1 aliphatic carbocycles. The molecule has 20 heavy (non-hydrogen) atoms. The number of morpholine rings is 1. The minimum absolute atomic E-state index is 0.0613. The monoisotopic (exact) mass is 281 g/mol. The average molecular weight is 281 g/mol. The van der Waals surface area contributed by atoms with Crippen molar-refractivity contribution in [2.45, 2.75) is 6.42 Å². The number of piperazine rings is 1. The molecule has 0 bridgehead atoms. The molecule has 0 aromatic carbocycles. The number of nitrogens with zero attached hydrogens (tertiary/aromatic N) is 3. The highest BCUT2D eigenvalue weighted by atomic mass is 16.5. The van der Waals surface area contributed by atoms with Gasteiger partial charge in [0, 0.05) is 39.3 Å². The number of rotatable bonds is 2. The number of likely N-dealkylation sites (N-methyl/N-ethyl adjacent to an activating group) is 1. The first-order valence-electron chi connectivity index (χ1n) is 7.50. The number of ether oxygens (including phenoxy) is 1. The lowest BCUT2D eigenvalue weighted by Crippen LogP contribution is -2.48. The van der Waals surface area contributed by atoms with E-state index < -0.39 is 0 Å². The molecule has 6 nitrogen and oxygen atoms in total. The smallest absolute Gasteiger partial charge is 0.226 e. The molecule has 2 heterocycles. The van der Waals surface area contributed by atoms with E-state index in [2.05, 4.69) is 11.9 Å². The summed E-state index contributed by atoms with van der Waals surface area (Å²) in [6.07, 6.45) is 0.737. The molecule has 0 radical (unpaired) electrons. The summed E-state index contributed by atoms with van der Waals surface area (Å²) in [4.78, 5) is 30.7. The van der Waals surface area contributed by atoms with E-state index in [1.807, 2.05) is 9.80 Å². The number of carbonyl (C=O) groups excluding carboxylic acids is 2. The van der Waals surface area contributed by atoms with Crippen LogP contribution in [-0.4, -0.2) is 86.0 Å². The highest BCUT2D eigenvalue weighted by Gasteiger charge is 2.51. The van der Waals surface area contributed by atoms with Gasteiger partial charge >= 0.3 is 0 Å². The van der Waals surface area contributed by atoms with E-state index in [-0.39, 0.29) is 23.7 Å². The lowest BCUT2D eigenvalue weighted by molar-refractivity contribution is -0.141. The summed E-state index contributed by atoms with van der Waals surface area (Å²) in [7, 11) is 2.07. The number of hydrogen-bond acceptors (Lipinski definition) is 4. The number of carbonyl (C=O) groups is 2. The first-order valence-corrected chi connectivity index (χ1v) is 7.50. The molecule has 112 valence electrons. The van der Waals surface area contributed by atoms with E-state index >= 15 is 0 Å². The topological polar surface area (TPSA) is 53.1 Å². The third kappa shape index (κ3) is 2.81. The van der Waals surface area contributed by atoms with Gasteiger partial charge in [0.25, 0.3) is 0 Å². The van der Waals surface area contributed by atoms with Crippen LogP contribution < -0.4 is 0 Å². The van der Waals surface area contributed by atoms with Crippen LogP contribution in [-0.2, 0) is 14.3 Å². The highest BCUT2D eigenvalue weighted by molar-refractivity contribution is 5.92. The highest BCUT2D eigenvalue weighted by Crippen LogP contribution is 2.41. The quantitative estimate of drug-likeness (QED) is 0.669. The third-order valence-electron chi connectivity index (χ3n) is 4.56. The van der Waals surface area contributed by atoms with Crippen LogP contribution >= 0.6 is 0 Å². The molecule has 0 N–H and O–H groups in total. The zero-order chi connectivity index (χ0) is 14.1. The summed E-state index contributed by atoms with van der Waals surface area (Å²) in [5, 5.41) is 0. The summed E-state index contributed by atoms with van der Waals surface area (Å²) >= 11 is 0. The van der Waals surface area contributed by atoms with Gasteiger partial charge in [-0.25, -0.2) is 0 Å². The lowest BCUT2D eigenvalue weighted by atomic mass is 10.2. The second-order valence-corrected chi connectivity index (χ2v) is 6.01. The molecule has 2 aliphatic heterocycles. The van der Waals surface area contributed by atoms with Crippen LogP contribution in [0, 0.1) is 11.8 Å². The Balaban J connectivity index is 1.50. The van der Waals surface area contributed by atoms with Crippen LogP contribution in [0.4, 0.5) is 0 Å². The summed E-state index contributed by atoms with van der Waals surface area (Å²) in [6.45, 7) is 6.04. The Labute approximate surface area is 119 Å². The molecule has 2 atom stereocenters. The van der Waals surface area contributed by atoms with Gasteiger partial charge in [0.2, 0.25) is 11.8 Å². The molecule has 6 heteroatoms. The van der Waals surface area contributed by atoms with Gasteiger partial charge in [0.05, 0.1) is 25.0 Å². The molecule has 2 saturated heterocycles. The minimum atomic E-state index is -0.0692. The van der Waals surface area contributed by atoms with Crippen molar-refractivity contribution in [3.8, 4) is 0 Å². The Hall–Kier alpha value is -1.14. The fourth-order valence-electron chi connectivity index (χ4n) is 3.02. The molecule has 2 unspecified atom stereocenters. The van der Waals surface area contributed by atoms with E-state index in [1.165, 1.54) is 0 Å². The molecule has 0 aromatic rings. The minimum Gasteiger partial charge on any atom is -0.378 e. The molecule has 3 aliphatic rings. The van der Waals surface area contributed by atoms with Crippen LogP contribution in [0.25, 0.3) is 0 Å². The zero-order valence-corrected chi connectivity index (χ0v) is 12.1. The maximum atomic E-state index is 12.4. The Morgan fingerprint density at radius 3 is 1.90 bits per heavy atom. The van der Waals surface area contributed by atoms with Crippen molar-refractivity contribution >= 4 is 11.8 Å². The zero-order valence-electron chi connectivity index (χ0n) is 12.1. The van der Waals surface area contributed by atoms with E-state index in [0.29, 0.717) is 26.3 Å². The normalized spacial score (nSPS) is 31.2. The average Bonchev–Trinajstić information content (AvgIpc) is 3.28. The van der Waals surface area contributed by atoms with Gasteiger partial charge in [0.1, 0.15) is 0 Å². The fourth-order valence-corrected chi connectivity index (χ4v) is 3.02. The molecule has 0 aromatic heterocycles. The van der Waals surface area contributed by atoms with Crippen molar-refractivity contribution in [2.24, 2.45) is 11.8 Å². The summed E-state index contributed by atoms with van der Waals surface area (Å²) < 4.78 is 5.26. The predicted molar refractivity (Wildman–Crippen MR) is 73.1 cm³/mol. The van der Waals surface area contributed by atoms with Crippen LogP contribution in [0.2, 0.25) is 0 Å². The molecule has 0 spiro atoms. The van der Waals surface area contributed by atoms with E-state index in [1.54, 1.807) is 0 Å². The van der Waals surface area contributed by atoms with Crippen molar-refractivity contribution in [2.75, 3.05) is 59.5 Å². The second-order valence-electron chi connectivity index (χ2n) is 6.01. The SMILES string of the molecule is CN1CCN(C(=O)C2CC2C(=O)N2CCOCC2)CC1. The maximum absolute atomic E-state index is 12.4. The molecule has 1 saturated carbocycles. The predicted octanol–water partition coefficient (Wildman–Crippen LogP) is -0.745. The van der Waals surface area contributed by atoms with Crippen LogP contribution in [0.1, 0.15) is 6.42 Å². The first kappa shape index (κ1) is 13.8. The molecule has 2 amide bonds. The van der Waals surface area contributed by atoms with Crippen molar-refractivity contribution in [3.05, 3.63) is 0 Å². The van der Waals surface area contributed by atoms with Crippen molar-refractivity contribution in [1.29, 1.82) is 0 Å². The van der Waals surface area contributed by atoms with Gasteiger partial charge in [-0.15, -0.1) is 0 Å². The Morgan fingerprint density at radius 1 is 0.850 bits per heavy atom. The molecular formula is C14H23N3O3. The Bertz CT molecular complexity index is 387. The molecule has 3 rings (SSSR count). The van der Waals surface area contributed by atoms with Crippen molar-refractivity contribution < 1.29 is 14.3 Å². The van der Waals surface area contributed by atoms with Crippen LogP contribution in [0.15, 0.2) is 0 Å². The lowest BCUT2D eigenvalue weighted by Gasteiger charge is -2.32. The summed E-state index contributed by atoms with van der Waals surface area (Å²) in [5.41, 5.74) is 0. The van der Waals surface area contributed by atoms with Gasteiger partial charge < -0.3 is 19.4 Å². The summed E-state index contributed by atoms with van der Waals surface area (Å²) in [6, 6.07) is 0. The van der Waals surface area contributed by atoms with E-state index in [4.69, 9.17) is 4.74 Å². The molecular weight excluding hydrogens is 258 g/mol. The van der Waals surface area contributed by atoms with Gasteiger partial charge in [0.15, 0.2) is 0 Å². The van der Waals surface area contributed by atoms with Gasteiger partial charge in [-0.2, -0.15) is 0 Å². The van der Waals surface area contributed by atoms with Gasteiger partial charge in [-0.05, 0) is 13.5 Å². The van der Waals surface area contributed by atoms with Crippen molar-refractivity contribution in [3.63, 3.8) is 0 Å². The van der Waals surface area contributed by atoms with E-state index in [0.717, 1.165) is 32.6 Å². The Kier molecular flexibility index (Phi) is 3.94. The summed E-state index contributed by atoms with van der Waals surface area (Å²) in [5.74, 6) is 0.208. The number of hydrogen-bond donors (Lipinski definition) is 0. The maximum Gasteiger partial charge on any atom is 0.226 e. The van der Waals surface area contributed by atoms with Crippen LogP contribution in [0.5, 0.6) is 0 Å². The standard InChI is InChI=1S/C14H23N3O3/c1-15-2-4-16(5-3-15)13(18)11-10-12(11)14(19)17-6-8-20-9-7-17/h11-12H,2-10H2,1H3. The number of amides is 2. The first-order chi connectivity index (χ1) is 9.66. The van der Waals surface area contributed by atoms with Crippen molar-refractivity contribution in [1.82, 2.24) is 14.7 Å². The van der Waals surface area contributed by atoms with Crippen LogP contribution in [0.3, 0.4) is 0 Å².